The Morgan fingerprint density at radius 2 is 2.09 bits per heavy atom. The van der Waals surface area contributed by atoms with Crippen LogP contribution in [0.15, 0.2) is 24.3 Å². The summed E-state index contributed by atoms with van der Waals surface area (Å²) in [4.78, 5) is 13.8. The first-order valence-corrected chi connectivity index (χ1v) is 8.01. The highest BCUT2D eigenvalue weighted by atomic mass is 16.5. The third-order valence-corrected chi connectivity index (χ3v) is 3.77. The number of hydrogen-bond donors (Lipinski definition) is 1. The second kappa shape index (κ2) is 9.37. The molecule has 0 radical (unpaired) electrons. The van der Waals surface area contributed by atoms with Crippen molar-refractivity contribution in [1.82, 2.24) is 10.2 Å². The quantitative estimate of drug-likeness (QED) is 0.743. The Kier molecular flexibility index (Phi) is 7.16. The largest absolute Gasteiger partial charge is 0.497 e. The van der Waals surface area contributed by atoms with Crippen molar-refractivity contribution in [3.05, 3.63) is 24.3 Å². The van der Waals surface area contributed by atoms with Crippen molar-refractivity contribution >= 4 is 5.91 Å². The average molecular weight is 322 g/mol. The number of methoxy groups -OCH3 is 1. The Bertz CT molecular complexity index is 472. The van der Waals surface area contributed by atoms with Gasteiger partial charge < -0.3 is 19.5 Å². The van der Waals surface area contributed by atoms with Gasteiger partial charge in [0.25, 0.3) is 0 Å². The predicted octanol–water partition coefficient (Wildman–Crippen LogP) is 1.30. The van der Waals surface area contributed by atoms with E-state index in [1.807, 2.05) is 36.2 Å². The number of benzene rings is 1. The maximum Gasteiger partial charge on any atom is 0.234 e. The smallest absolute Gasteiger partial charge is 0.234 e. The minimum atomic E-state index is 0.0208. The number of amides is 1. The summed E-state index contributed by atoms with van der Waals surface area (Å²) in [7, 11) is 3.54. The molecule has 0 saturated carbocycles. The second-order valence-corrected chi connectivity index (χ2v) is 5.70. The minimum Gasteiger partial charge on any atom is -0.497 e. The molecule has 0 bridgehead atoms. The Hall–Kier alpha value is -1.79. The number of rotatable bonds is 9. The van der Waals surface area contributed by atoms with E-state index in [4.69, 9.17) is 14.2 Å². The molecule has 23 heavy (non-hydrogen) atoms. The molecule has 1 aromatic rings. The van der Waals surface area contributed by atoms with Crippen LogP contribution in [0.5, 0.6) is 11.5 Å². The minimum absolute atomic E-state index is 0.0208. The summed E-state index contributed by atoms with van der Waals surface area (Å²) < 4.78 is 16.2. The molecule has 0 spiro atoms. The lowest BCUT2D eigenvalue weighted by atomic mass is 10.2. The molecule has 1 unspecified atom stereocenters. The number of nitrogens with zero attached hydrogens (tertiary/aromatic N) is 1. The maximum atomic E-state index is 11.9. The van der Waals surface area contributed by atoms with Crippen LogP contribution in [0.1, 0.15) is 12.8 Å². The Balaban J connectivity index is 1.58. The van der Waals surface area contributed by atoms with Crippen molar-refractivity contribution in [3.63, 3.8) is 0 Å². The van der Waals surface area contributed by atoms with Crippen LogP contribution in [0.2, 0.25) is 0 Å². The van der Waals surface area contributed by atoms with Crippen LogP contribution in [-0.2, 0) is 9.53 Å². The number of carbonyl (C=O) groups is 1. The monoisotopic (exact) mass is 322 g/mol. The molecule has 2 rings (SSSR count). The number of carbonyl (C=O) groups excluding carboxylic acids is 1. The summed E-state index contributed by atoms with van der Waals surface area (Å²) in [6.45, 7) is 2.98. The van der Waals surface area contributed by atoms with Crippen molar-refractivity contribution in [2.24, 2.45) is 0 Å². The molecule has 1 amide bonds. The molecular weight excluding hydrogens is 296 g/mol. The van der Waals surface area contributed by atoms with Crippen LogP contribution < -0.4 is 14.8 Å². The van der Waals surface area contributed by atoms with Crippen molar-refractivity contribution in [2.75, 3.05) is 47.0 Å². The van der Waals surface area contributed by atoms with Gasteiger partial charge in [0.05, 0.1) is 19.8 Å². The van der Waals surface area contributed by atoms with Crippen LogP contribution in [0, 0.1) is 0 Å². The highest BCUT2D eigenvalue weighted by Gasteiger charge is 2.16. The zero-order chi connectivity index (χ0) is 16.5. The molecule has 1 heterocycles. The summed E-state index contributed by atoms with van der Waals surface area (Å²) in [5.74, 6) is 1.62. The molecular formula is C17H26N2O4. The predicted molar refractivity (Wildman–Crippen MR) is 88.0 cm³/mol. The molecule has 1 fully saturated rings. The third kappa shape index (κ3) is 6.46. The van der Waals surface area contributed by atoms with Crippen LogP contribution in [0.3, 0.4) is 0 Å². The topological polar surface area (TPSA) is 60.0 Å². The van der Waals surface area contributed by atoms with Crippen LogP contribution >= 0.6 is 0 Å². The van der Waals surface area contributed by atoms with E-state index in [1.54, 1.807) is 7.11 Å². The average Bonchev–Trinajstić information content (AvgIpc) is 3.07. The van der Waals surface area contributed by atoms with Crippen LogP contribution in [0.25, 0.3) is 0 Å². The third-order valence-electron chi connectivity index (χ3n) is 3.77. The van der Waals surface area contributed by atoms with Gasteiger partial charge in [-0.2, -0.15) is 0 Å². The van der Waals surface area contributed by atoms with Crippen molar-refractivity contribution in [3.8, 4) is 11.5 Å². The van der Waals surface area contributed by atoms with Crippen molar-refractivity contribution in [2.45, 2.75) is 18.9 Å². The molecule has 1 atom stereocenters. The van der Waals surface area contributed by atoms with E-state index in [0.717, 1.165) is 30.9 Å². The van der Waals surface area contributed by atoms with Gasteiger partial charge in [0.1, 0.15) is 18.1 Å². The zero-order valence-corrected chi connectivity index (χ0v) is 13.9. The first kappa shape index (κ1) is 17.6. The van der Waals surface area contributed by atoms with Gasteiger partial charge in [0, 0.05) is 19.7 Å². The van der Waals surface area contributed by atoms with E-state index in [2.05, 4.69) is 5.32 Å². The fourth-order valence-electron chi connectivity index (χ4n) is 2.40. The summed E-state index contributed by atoms with van der Waals surface area (Å²) in [6.07, 6.45) is 2.30. The fraction of sp³-hybridized carbons (Fsp3) is 0.588. The van der Waals surface area contributed by atoms with Gasteiger partial charge in [-0.25, -0.2) is 0 Å². The fourth-order valence-corrected chi connectivity index (χ4v) is 2.40. The number of ether oxygens (including phenoxy) is 3. The molecule has 1 aliphatic rings. The van der Waals surface area contributed by atoms with Gasteiger partial charge in [0.2, 0.25) is 5.91 Å². The SMILES string of the molecule is COc1ccc(OCCN(C)CC(=O)NCC2CCCO2)cc1. The van der Waals surface area contributed by atoms with E-state index in [0.29, 0.717) is 26.2 Å². The van der Waals surface area contributed by atoms with Gasteiger partial charge >= 0.3 is 0 Å². The maximum absolute atomic E-state index is 11.9. The van der Waals surface area contributed by atoms with E-state index in [9.17, 15) is 4.79 Å². The summed E-state index contributed by atoms with van der Waals surface area (Å²) in [5.41, 5.74) is 0. The van der Waals surface area contributed by atoms with Gasteiger partial charge in [-0.1, -0.05) is 0 Å². The molecule has 1 N–H and O–H groups in total. The van der Waals surface area contributed by atoms with Crippen LogP contribution in [0.4, 0.5) is 0 Å². The van der Waals surface area contributed by atoms with E-state index < -0.39 is 0 Å². The highest BCUT2D eigenvalue weighted by Crippen LogP contribution is 2.16. The Labute approximate surface area is 137 Å². The summed E-state index contributed by atoms with van der Waals surface area (Å²) in [6, 6.07) is 7.45. The molecule has 0 aromatic heterocycles. The second-order valence-electron chi connectivity index (χ2n) is 5.70. The number of likely N-dealkylation sites (N-methyl/N-ethyl adjacent to an activating group) is 1. The normalized spacial score (nSPS) is 17.3. The lowest BCUT2D eigenvalue weighted by Crippen LogP contribution is -2.39. The first-order chi connectivity index (χ1) is 11.2. The van der Waals surface area contributed by atoms with Crippen LogP contribution in [-0.4, -0.2) is 63.9 Å². The van der Waals surface area contributed by atoms with Gasteiger partial charge in [-0.3, -0.25) is 9.69 Å². The Morgan fingerprint density at radius 1 is 1.35 bits per heavy atom. The van der Waals surface area contributed by atoms with Gasteiger partial charge in [0.15, 0.2) is 0 Å². The first-order valence-electron chi connectivity index (χ1n) is 8.01. The summed E-state index contributed by atoms with van der Waals surface area (Å²) >= 11 is 0. The van der Waals surface area contributed by atoms with Gasteiger partial charge in [-0.05, 0) is 44.2 Å². The summed E-state index contributed by atoms with van der Waals surface area (Å²) in [5, 5.41) is 2.92. The molecule has 1 aliphatic heterocycles. The lowest BCUT2D eigenvalue weighted by Gasteiger charge is -2.17. The van der Waals surface area contributed by atoms with Crippen molar-refractivity contribution < 1.29 is 19.0 Å². The zero-order valence-electron chi connectivity index (χ0n) is 13.9. The molecule has 0 aliphatic carbocycles. The van der Waals surface area contributed by atoms with E-state index in [1.165, 1.54) is 0 Å². The Morgan fingerprint density at radius 3 is 2.74 bits per heavy atom. The molecule has 1 saturated heterocycles. The standard InChI is InChI=1S/C17H26N2O4/c1-19(13-17(20)18-12-16-4-3-10-22-16)9-11-23-15-7-5-14(21-2)6-8-15/h5-8,16H,3-4,9-13H2,1-2H3,(H,18,20). The van der Waals surface area contributed by atoms with E-state index >= 15 is 0 Å². The lowest BCUT2D eigenvalue weighted by molar-refractivity contribution is -0.122. The molecule has 128 valence electrons. The number of hydrogen-bond acceptors (Lipinski definition) is 5. The van der Waals surface area contributed by atoms with Gasteiger partial charge in [-0.15, -0.1) is 0 Å². The van der Waals surface area contributed by atoms with Crippen molar-refractivity contribution in [1.29, 1.82) is 0 Å². The molecule has 1 aromatic carbocycles. The molecule has 6 nitrogen and oxygen atoms in total. The molecule has 6 heteroatoms. The highest BCUT2D eigenvalue weighted by molar-refractivity contribution is 5.77. The number of nitrogens with one attached hydrogen (secondary N) is 1. The van der Waals surface area contributed by atoms with E-state index in [-0.39, 0.29) is 12.0 Å².